The van der Waals surface area contributed by atoms with Gasteiger partial charge in [0.25, 0.3) is 0 Å². The van der Waals surface area contributed by atoms with Gasteiger partial charge in [-0.25, -0.2) is 0 Å². The SMILES string of the molecule is CC/C=C\C/C=C\C/C=C\C/C=C\C/C=C\C/C=C\C/C=C\CCCCCCCCCCCCCCCCCCCCCC(=O)NC(COC1OC(CO)C(OC2OC(CO)C(O)C(O)C2O)C(O)C1O)C(O)CCCCCCCCCCCCCCCCCCCCCCCCCCCCCC. The summed E-state index contributed by atoms with van der Waals surface area (Å²) in [5, 5.41) is 88.0. The standard InChI is InChI=1S/C89H161NO13/c1-3-5-7-9-11-13-15-17-19-21-23-25-27-29-31-33-34-35-36-37-38-39-40-41-42-43-44-45-47-49-51-53-55-57-59-61-63-65-67-69-71-73-81(94)90-77(76-100-88-86(99)84(97)87(80(75-92)102-88)103-89-85(98)83(96)82(95)79(74-91)101-89)78(93)72-70-68-66-64-62-60-58-56-54-52-50-48-46-32-30-28-26-24-22-20-18-16-14-12-10-8-6-4-2/h5,7,11,13,17,19,23,25,29,31,34-35,37-38,77-80,82-89,91-93,95-99H,3-4,6,8-10,12,14-16,18,20-22,24,26-28,30,32-33,36,39-76H2,1-2H3,(H,90,94)/b7-5-,13-11-,19-17-,25-23-,31-29-,35-34-,38-37-. The summed E-state index contributed by atoms with van der Waals surface area (Å²) in [7, 11) is 0. The van der Waals surface area contributed by atoms with Crippen LogP contribution < -0.4 is 5.32 Å². The lowest BCUT2D eigenvalue weighted by molar-refractivity contribution is -0.359. The number of nitrogens with one attached hydrogen (secondary N) is 1. The lowest BCUT2D eigenvalue weighted by atomic mass is 9.97. The summed E-state index contributed by atoms with van der Waals surface area (Å²) in [5.41, 5.74) is 0. The Balaban J connectivity index is 1.56. The first-order valence-corrected chi connectivity index (χ1v) is 43.3. The van der Waals surface area contributed by atoms with Crippen molar-refractivity contribution in [2.45, 2.75) is 453 Å². The van der Waals surface area contributed by atoms with Crippen LogP contribution >= 0.6 is 0 Å². The molecule has 2 heterocycles. The average Bonchev–Trinajstić information content (AvgIpc) is 0.791. The van der Waals surface area contributed by atoms with Crippen LogP contribution in [0.1, 0.15) is 380 Å². The van der Waals surface area contributed by atoms with Gasteiger partial charge in [-0.2, -0.15) is 0 Å². The van der Waals surface area contributed by atoms with Crippen molar-refractivity contribution in [3.8, 4) is 0 Å². The summed E-state index contributed by atoms with van der Waals surface area (Å²) in [5.74, 6) is -0.201. The predicted octanol–water partition coefficient (Wildman–Crippen LogP) is 20.6. The van der Waals surface area contributed by atoms with E-state index in [1.807, 2.05) is 0 Å². The van der Waals surface area contributed by atoms with Crippen molar-refractivity contribution in [3.05, 3.63) is 85.1 Å². The number of carbonyl (C=O) groups is 1. The van der Waals surface area contributed by atoms with E-state index in [4.69, 9.17) is 18.9 Å². The van der Waals surface area contributed by atoms with Crippen LogP contribution in [0.2, 0.25) is 0 Å². The zero-order valence-corrected chi connectivity index (χ0v) is 66.1. The van der Waals surface area contributed by atoms with Gasteiger partial charge in [-0.1, -0.05) is 388 Å². The molecule has 2 aliphatic heterocycles. The van der Waals surface area contributed by atoms with Gasteiger partial charge < -0.3 is 65.1 Å². The van der Waals surface area contributed by atoms with E-state index >= 15 is 0 Å². The third kappa shape index (κ3) is 54.4. The van der Waals surface area contributed by atoms with Gasteiger partial charge in [0.2, 0.25) is 5.91 Å². The molecule has 0 radical (unpaired) electrons. The lowest BCUT2D eigenvalue weighted by Crippen LogP contribution is -2.65. The second-order valence-electron chi connectivity index (χ2n) is 30.3. The number of amides is 1. The Labute approximate surface area is 631 Å². The van der Waals surface area contributed by atoms with E-state index in [-0.39, 0.29) is 12.5 Å². The van der Waals surface area contributed by atoms with E-state index in [1.54, 1.807) is 0 Å². The normalized spacial score (nSPS) is 22.0. The molecule has 14 nitrogen and oxygen atoms in total. The number of carbonyl (C=O) groups excluding carboxylic acids is 1. The summed E-state index contributed by atoms with van der Waals surface area (Å²) < 4.78 is 23.0. The molecular formula is C89H161NO13. The molecule has 9 N–H and O–H groups in total. The van der Waals surface area contributed by atoms with Gasteiger partial charge >= 0.3 is 0 Å². The largest absolute Gasteiger partial charge is 0.394 e. The Morgan fingerprint density at radius 1 is 0.359 bits per heavy atom. The van der Waals surface area contributed by atoms with E-state index in [0.717, 1.165) is 96.3 Å². The van der Waals surface area contributed by atoms with Crippen LogP contribution in [0.15, 0.2) is 85.1 Å². The number of allylic oxidation sites excluding steroid dienone is 14. The highest BCUT2D eigenvalue weighted by atomic mass is 16.7. The van der Waals surface area contributed by atoms with Gasteiger partial charge in [0, 0.05) is 6.42 Å². The Morgan fingerprint density at radius 3 is 1.03 bits per heavy atom. The van der Waals surface area contributed by atoms with Crippen molar-refractivity contribution >= 4 is 5.91 Å². The smallest absolute Gasteiger partial charge is 0.220 e. The van der Waals surface area contributed by atoms with Gasteiger partial charge in [0.1, 0.15) is 48.8 Å². The van der Waals surface area contributed by atoms with Crippen LogP contribution in [-0.4, -0.2) is 140 Å². The van der Waals surface area contributed by atoms with E-state index in [0.29, 0.717) is 12.8 Å². The fraction of sp³-hybridized carbons (Fsp3) is 0.831. The molecule has 14 heteroatoms. The molecule has 2 fully saturated rings. The third-order valence-corrected chi connectivity index (χ3v) is 20.9. The number of hydrogen-bond acceptors (Lipinski definition) is 13. The van der Waals surface area contributed by atoms with Crippen molar-refractivity contribution in [2.75, 3.05) is 19.8 Å². The highest BCUT2D eigenvalue weighted by Crippen LogP contribution is 2.31. The quantitative estimate of drug-likeness (QED) is 0.0204. The molecule has 0 aromatic rings. The molecule has 2 rings (SSSR count). The maximum Gasteiger partial charge on any atom is 0.220 e. The van der Waals surface area contributed by atoms with Gasteiger partial charge in [0.15, 0.2) is 12.6 Å². The number of hydrogen-bond donors (Lipinski definition) is 9. The summed E-state index contributed by atoms with van der Waals surface area (Å²) >= 11 is 0. The van der Waals surface area contributed by atoms with Gasteiger partial charge in [-0.05, 0) is 70.6 Å². The molecule has 12 atom stereocenters. The monoisotopic (exact) mass is 1450 g/mol. The molecule has 0 spiro atoms. The average molecular weight is 1450 g/mol. The summed E-state index contributed by atoms with van der Waals surface area (Å²) in [6.45, 7) is 2.81. The summed E-state index contributed by atoms with van der Waals surface area (Å²) in [4.78, 5) is 13.4. The maximum atomic E-state index is 13.4. The van der Waals surface area contributed by atoms with Crippen LogP contribution in [0.5, 0.6) is 0 Å². The summed E-state index contributed by atoms with van der Waals surface area (Å²) in [6.07, 6.45) is 84.9. The van der Waals surface area contributed by atoms with Crippen LogP contribution in [0.4, 0.5) is 0 Å². The minimum absolute atomic E-state index is 0.201. The highest BCUT2D eigenvalue weighted by molar-refractivity contribution is 5.76. The van der Waals surface area contributed by atoms with Gasteiger partial charge in [0.05, 0.1) is 32.0 Å². The Kier molecular flexibility index (Phi) is 67.3. The first kappa shape index (κ1) is 96.2. The van der Waals surface area contributed by atoms with Crippen LogP contribution in [0.25, 0.3) is 0 Å². The number of unbranched alkanes of at least 4 members (excludes halogenated alkanes) is 46. The molecule has 0 bridgehead atoms. The first-order valence-electron chi connectivity index (χ1n) is 43.3. The van der Waals surface area contributed by atoms with E-state index < -0.39 is 86.8 Å². The molecule has 12 unspecified atom stereocenters. The van der Waals surface area contributed by atoms with Crippen LogP contribution in [-0.2, 0) is 23.7 Å². The minimum Gasteiger partial charge on any atom is -0.394 e. The molecule has 600 valence electrons. The Morgan fingerprint density at radius 2 is 0.670 bits per heavy atom. The van der Waals surface area contributed by atoms with Gasteiger partial charge in [-0.15, -0.1) is 0 Å². The topological polar surface area (TPSA) is 228 Å². The summed E-state index contributed by atoms with van der Waals surface area (Å²) in [6, 6.07) is -0.833. The molecule has 0 saturated carbocycles. The van der Waals surface area contributed by atoms with E-state index in [9.17, 15) is 45.6 Å². The zero-order valence-electron chi connectivity index (χ0n) is 66.1. The van der Waals surface area contributed by atoms with Crippen molar-refractivity contribution in [1.29, 1.82) is 0 Å². The maximum absolute atomic E-state index is 13.4. The van der Waals surface area contributed by atoms with Crippen molar-refractivity contribution in [2.24, 2.45) is 0 Å². The minimum atomic E-state index is -1.79. The van der Waals surface area contributed by atoms with Crippen molar-refractivity contribution < 1.29 is 64.6 Å². The fourth-order valence-corrected chi connectivity index (χ4v) is 14.1. The first-order chi connectivity index (χ1) is 50.6. The van der Waals surface area contributed by atoms with E-state index in [2.05, 4.69) is 104 Å². The van der Waals surface area contributed by atoms with Crippen LogP contribution in [0.3, 0.4) is 0 Å². The molecular weight excluding hydrogens is 1290 g/mol. The van der Waals surface area contributed by atoms with Gasteiger partial charge in [-0.3, -0.25) is 4.79 Å². The number of aliphatic hydroxyl groups is 8. The fourth-order valence-electron chi connectivity index (χ4n) is 14.1. The third-order valence-electron chi connectivity index (χ3n) is 20.9. The van der Waals surface area contributed by atoms with Crippen molar-refractivity contribution in [1.82, 2.24) is 5.32 Å². The van der Waals surface area contributed by atoms with Crippen molar-refractivity contribution in [3.63, 3.8) is 0 Å². The van der Waals surface area contributed by atoms with E-state index in [1.165, 1.54) is 257 Å². The number of aliphatic hydroxyl groups excluding tert-OH is 8. The Hall–Kier alpha value is -2.83. The second-order valence-corrected chi connectivity index (χ2v) is 30.3. The highest BCUT2D eigenvalue weighted by Gasteiger charge is 2.51. The predicted molar refractivity (Wildman–Crippen MR) is 429 cm³/mol. The molecule has 2 saturated heterocycles. The molecule has 0 aromatic heterocycles. The number of ether oxygens (including phenoxy) is 4. The number of rotatable bonds is 73. The second kappa shape index (κ2) is 72.1. The molecule has 0 aliphatic carbocycles. The molecule has 103 heavy (non-hydrogen) atoms. The molecule has 1 amide bonds. The lowest BCUT2D eigenvalue weighted by Gasteiger charge is -2.46. The molecule has 2 aliphatic rings. The Bertz CT molecular complexity index is 2060. The zero-order chi connectivity index (χ0) is 74.4. The molecule has 0 aromatic carbocycles. The van der Waals surface area contributed by atoms with Crippen LogP contribution in [0, 0.1) is 0 Å².